The molecular formula is C29H28N2O3. The SMILES string of the molecule is COc1ccc(/C=C2\C(=O)N3c4ccccc4C45CCN6CC7=CCOC2C(C7CC64)C35)cc1. The van der Waals surface area contributed by atoms with Crippen molar-refractivity contribution in [2.24, 2.45) is 11.8 Å². The Bertz CT molecular complexity index is 1280. The molecule has 2 aromatic rings. The highest BCUT2D eigenvalue weighted by atomic mass is 16.5. The lowest BCUT2D eigenvalue weighted by Gasteiger charge is -2.59. The van der Waals surface area contributed by atoms with Crippen LogP contribution in [0.25, 0.3) is 6.08 Å². The molecule has 1 aliphatic carbocycles. The van der Waals surface area contributed by atoms with Gasteiger partial charge in [0.15, 0.2) is 0 Å². The zero-order valence-corrected chi connectivity index (χ0v) is 19.3. The van der Waals surface area contributed by atoms with Crippen molar-refractivity contribution in [1.82, 2.24) is 4.90 Å². The molecular weight excluding hydrogens is 424 g/mol. The van der Waals surface area contributed by atoms with E-state index in [4.69, 9.17) is 9.47 Å². The molecule has 5 nitrogen and oxygen atoms in total. The Labute approximate surface area is 199 Å². The fourth-order valence-corrected chi connectivity index (χ4v) is 8.46. The van der Waals surface area contributed by atoms with Gasteiger partial charge in [-0.3, -0.25) is 9.69 Å². The summed E-state index contributed by atoms with van der Waals surface area (Å²) in [6.07, 6.45) is 6.53. The second kappa shape index (κ2) is 6.61. The number of para-hydroxylation sites is 1. The molecule has 4 fully saturated rings. The molecule has 1 amide bonds. The van der Waals surface area contributed by atoms with Crippen LogP contribution in [0, 0.1) is 11.8 Å². The highest BCUT2D eigenvalue weighted by molar-refractivity contribution is 6.12. The van der Waals surface area contributed by atoms with Crippen LogP contribution >= 0.6 is 0 Å². The molecule has 0 aromatic heterocycles. The summed E-state index contributed by atoms with van der Waals surface area (Å²) in [7, 11) is 1.67. The van der Waals surface area contributed by atoms with Crippen LogP contribution in [0.5, 0.6) is 5.75 Å². The third-order valence-corrected chi connectivity index (χ3v) is 9.67. The number of amides is 1. The summed E-state index contributed by atoms with van der Waals surface area (Å²) in [4.78, 5) is 19.2. The Balaban J connectivity index is 1.35. The van der Waals surface area contributed by atoms with Crippen LogP contribution in [-0.4, -0.2) is 55.8 Å². The standard InChI is InChI=1S/C29H28N2O3/c1-33-19-8-6-17(7-9-19)14-21-26-25-20-15-24-29(11-12-30(24)16-18(20)10-13-34-26)22-4-2-3-5-23(22)31(27(25)29)28(21)32/h2-10,14,20,24-27H,11-13,15-16H2,1H3/b21-14-. The van der Waals surface area contributed by atoms with Gasteiger partial charge >= 0.3 is 0 Å². The molecule has 1 saturated carbocycles. The van der Waals surface area contributed by atoms with Crippen LogP contribution in [0.4, 0.5) is 5.69 Å². The monoisotopic (exact) mass is 452 g/mol. The van der Waals surface area contributed by atoms with Crippen molar-refractivity contribution in [2.45, 2.75) is 36.4 Å². The summed E-state index contributed by atoms with van der Waals surface area (Å²) < 4.78 is 11.9. The summed E-state index contributed by atoms with van der Waals surface area (Å²) >= 11 is 0. The van der Waals surface area contributed by atoms with Gasteiger partial charge in [-0.1, -0.05) is 42.0 Å². The van der Waals surface area contributed by atoms with E-state index in [2.05, 4.69) is 46.2 Å². The van der Waals surface area contributed by atoms with Gasteiger partial charge in [0.25, 0.3) is 5.91 Å². The number of methoxy groups -OCH3 is 1. The molecule has 34 heavy (non-hydrogen) atoms. The van der Waals surface area contributed by atoms with E-state index in [0.29, 0.717) is 24.5 Å². The van der Waals surface area contributed by atoms with Gasteiger partial charge in [0.1, 0.15) is 5.75 Å². The number of fused-ring (bicyclic) bond motifs is 2. The number of piperidine rings is 2. The number of rotatable bonds is 2. The van der Waals surface area contributed by atoms with Crippen molar-refractivity contribution in [3.05, 3.63) is 76.9 Å². The summed E-state index contributed by atoms with van der Waals surface area (Å²) in [6.45, 7) is 2.77. The molecule has 172 valence electrons. The topological polar surface area (TPSA) is 42.0 Å². The van der Waals surface area contributed by atoms with E-state index < -0.39 is 0 Å². The molecule has 0 radical (unpaired) electrons. The van der Waals surface area contributed by atoms with E-state index in [1.165, 1.54) is 17.6 Å². The maximum absolute atomic E-state index is 14.3. The lowest BCUT2D eigenvalue weighted by molar-refractivity contribution is -0.123. The first-order chi connectivity index (χ1) is 16.7. The predicted octanol–water partition coefficient (Wildman–Crippen LogP) is 3.79. The van der Waals surface area contributed by atoms with Crippen molar-refractivity contribution in [1.29, 1.82) is 0 Å². The third kappa shape index (κ3) is 2.21. The Morgan fingerprint density at radius 1 is 1.15 bits per heavy atom. The van der Waals surface area contributed by atoms with Crippen molar-refractivity contribution in [3.8, 4) is 5.75 Å². The van der Waals surface area contributed by atoms with E-state index in [0.717, 1.165) is 42.1 Å². The van der Waals surface area contributed by atoms with Gasteiger partial charge in [0.05, 0.1) is 25.9 Å². The number of nitrogens with zero attached hydrogens (tertiary/aromatic N) is 2. The van der Waals surface area contributed by atoms with E-state index in [-0.39, 0.29) is 23.5 Å². The molecule has 5 heteroatoms. The van der Waals surface area contributed by atoms with Gasteiger partial charge in [0, 0.05) is 35.2 Å². The maximum atomic E-state index is 14.3. The van der Waals surface area contributed by atoms with Gasteiger partial charge in [-0.25, -0.2) is 0 Å². The summed E-state index contributed by atoms with van der Waals surface area (Å²) in [6, 6.07) is 17.4. The van der Waals surface area contributed by atoms with E-state index >= 15 is 0 Å². The smallest absolute Gasteiger partial charge is 0.257 e. The highest BCUT2D eigenvalue weighted by Gasteiger charge is 2.71. The van der Waals surface area contributed by atoms with E-state index in [9.17, 15) is 4.79 Å². The Kier molecular flexibility index (Phi) is 3.78. The average Bonchev–Trinajstić information content (AvgIpc) is 3.33. The average molecular weight is 453 g/mol. The van der Waals surface area contributed by atoms with Gasteiger partial charge in [-0.15, -0.1) is 0 Å². The van der Waals surface area contributed by atoms with Crippen molar-refractivity contribution in [3.63, 3.8) is 0 Å². The lowest BCUT2D eigenvalue weighted by Crippen LogP contribution is -2.69. The van der Waals surface area contributed by atoms with Crippen molar-refractivity contribution in [2.75, 3.05) is 31.7 Å². The van der Waals surface area contributed by atoms with Crippen LogP contribution in [-0.2, 0) is 14.9 Å². The van der Waals surface area contributed by atoms with E-state index in [1.807, 2.05) is 24.3 Å². The van der Waals surface area contributed by atoms with Gasteiger partial charge in [-0.2, -0.15) is 0 Å². The second-order valence-corrected chi connectivity index (χ2v) is 10.7. The zero-order chi connectivity index (χ0) is 22.6. The number of hydrogen-bond acceptors (Lipinski definition) is 4. The normalized spacial score (nSPS) is 38.0. The van der Waals surface area contributed by atoms with Crippen molar-refractivity contribution >= 4 is 17.7 Å². The molecule has 2 aromatic carbocycles. The van der Waals surface area contributed by atoms with Gasteiger partial charge in [-0.05, 0) is 60.7 Å². The molecule has 1 spiro atoms. The zero-order valence-electron chi connectivity index (χ0n) is 19.3. The molecule has 6 unspecified atom stereocenters. The molecule has 0 N–H and O–H groups in total. The number of anilines is 1. The van der Waals surface area contributed by atoms with Crippen LogP contribution in [0.1, 0.15) is 24.0 Å². The Hall–Kier alpha value is -2.89. The molecule has 2 bridgehead atoms. The first-order valence-corrected chi connectivity index (χ1v) is 12.5. The summed E-state index contributed by atoms with van der Waals surface area (Å²) in [5, 5.41) is 0. The number of carbonyl (C=O) groups excluding carboxylic acids is 1. The minimum atomic E-state index is -0.172. The molecule has 6 atom stereocenters. The Morgan fingerprint density at radius 3 is 2.85 bits per heavy atom. The van der Waals surface area contributed by atoms with Crippen LogP contribution in [0.3, 0.4) is 0 Å². The maximum Gasteiger partial charge on any atom is 0.257 e. The quantitative estimate of drug-likeness (QED) is 0.514. The highest BCUT2D eigenvalue weighted by Crippen LogP contribution is 2.66. The van der Waals surface area contributed by atoms with Crippen LogP contribution < -0.4 is 9.64 Å². The number of benzene rings is 2. The number of carbonyl (C=O) groups is 1. The van der Waals surface area contributed by atoms with Crippen molar-refractivity contribution < 1.29 is 14.3 Å². The fraction of sp³-hybridized carbons (Fsp3) is 0.414. The molecule has 6 aliphatic rings. The third-order valence-electron chi connectivity index (χ3n) is 9.67. The summed E-state index contributed by atoms with van der Waals surface area (Å²) in [5.74, 6) is 1.71. The summed E-state index contributed by atoms with van der Waals surface area (Å²) in [5.41, 5.74) is 5.88. The number of ether oxygens (including phenoxy) is 2. The Morgan fingerprint density at radius 2 is 2.00 bits per heavy atom. The van der Waals surface area contributed by atoms with Crippen LogP contribution in [0.2, 0.25) is 0 Å². The fourth-order valence-electron chi connectivity index (χ4n) is 8.46. The number of hydrogen-bond donors (Lipinski definition) is 0. The van der Waals surface area contributed by atoms with Gasteiger partial charge in [0.2, 0.25) is 0 Å². The largest absolute Gasteiger partial charge is 0.497 e. The van der Waals surface area contributed by atoms with E-state index in [1.54, 1.807) is 7.11 Å². The minimum Gasteiger partial charge on any atom is -0.497 e. The molecule has 5 aliphatic heterocycles. The first kappa shape index (κ1) is 19.4. The lowest BCUT2D eigenvalue weighted by atomic mass is 9.53. The first-order valence-electron chi connectivity index (χ1n) is 12.5. The molecule has 8 rings (SSSR count). The predicted molar refractivity (Wildman–Crippen MR) is 130 cm³/mol. The molecule has 5 heterocycles. The molecule has 3 saturated heterocycles. The van der Waals surface area contributed by atoms with Gasteiger partial charge < -0.3 is 14.4 Å². The minimum absolute atomic E-state index is 0.0243. The second-order valence-electron chi connectivity index (χ2n) is 10.7. The van der Waals surface area contributed by atoms with Crippen LogP contribution in [0.15, 0.2) is 65.8 Å².